The molecule has 2 aliphatic rings. The molecular formula is C32H36N8O4. The number of nitrogens with two attached hydrogens (primary N) is 2. The number of allylic oxidation sites excluding steroid dienone is 5. The van der Waals surface area contributed by atoms with Gasteiger partial charge in [-0.1, -0.05) is 36.4 Å². The molecule has 12 nitrogen and oxygen atoms in total. The molecule has 1 saturated carbocycles. The van der Waals surface area contributed by atoms with Gasteiger partial charge >= 0.3 is 0 Å². The summed E-state index contributed by atoms with van der Waals surface area (Å²) in [5, 5.41) is 9.41. The van der Waals surface area contributed by atoms with Crippen molar-refractivity contribution in [2.45, 2.75) is 52.1 Å². The smallest absolute Gasteiger partial charge is 0.270 e. The highest BCUT2D eigenvalue weighted by molar-refractivity contribution is 6.00. The standard InChI is InChI=1S/C32H36N8O4/c1-4-5-24-23(19(2)10-12-38-34)8-9-25(24)39-32(44)27-15-26(36-18-37-27)31(43)35-16-21-6-7-22-11-13-40(28(22)14-21)29(17-41)30(33)20(3)42/h4-7,12,14-15,17-18,25H,1,8-11,13,16,33-34H2,2-3H3,(H,35,43)(H,39,44)/b23-19-,24-5+,30-29-,38-12+. The van der Waals surface area contributed by atoms with Gasteiger partial charge < -0.3 is 27.1 Å². The van der Waals surface area contributed by atoms with Crippen LogP contribution in [0.1, 0.15) is 65.2 Å². The Bertz CT molecular complexity index is 1620. The fraction of sp³-hybridized carbons (Fsp3) is 0.281. The van der Waals surface area contributed by atoms with Crippen molar-refractivity contribution in [1.29, 1.82) is 0 Å². The molecule has 1 atom stereocenters. The van der Waals surface area contributed by atoms with Gasteiger partial charge in [-0.05, 0) is 54.5 Å². The molecule has 1 aromatic carbocycles. The largest absolute Gasteiger partial charge is 0.394 e. The Morgan fingerprint density at radius 2 is 1.89 bits per heavy atom. The molecular weight excluding hydrogens is 560 g/mol. The predicted octanol–water partition coefficient (Wildman–Crippen LogP) is 2.38. The van der Waals surface area contributed by atoms with Crippen molar-refractivity contribution in [3.05, 3.63) is 100.0 Å². The summed E-state index contributed by atoms with van der Waals surface area (Å²) in [5.74, 6) is 3.96. The monoisotopic (exact) mass is 596 g/mol. The Balaban J connectivity index is 1.44. The molecule has 1 aliphatic carbocycles. The fourth-order valence-electron chi connectivity index (χ4n) is 5.41. The van der Waals surface area contributed by atoms with E-state index >= 15 is 0 Å². The van der Waals surface area contributed by atoms with Crippen LogP contribution in [0.25, 0.3) is 0 Å². The first-order valence-corrected chi connectivity index (χ1v) is 14.2. The highest BCUT2D eigenvalue weighted by Gasteiger charge is 2.29. The number of rotatable bonds is 11. The van der Waals surface area contributed by atoms with Gasteiger partial charge in [-0.25, -0.2) is 9.97 Å². The van der Waals surface area contributed by atoms with Crippen LogP contribution in [0, 0.1) is 0 Å². The van der Waals surface area contributed by atoms with E-state index in [1.807, 2.05) is 31.2 Å². The summed E-state index contributed by atoms with van der Waals surface area (Å²) in [6, 6.07) is 6.76. The summed E-state index contributed by atoms with van der Waals surface area (Å²) in [5.41, 5.74) is 11.7. The van der Waals surface area contributed by atoms with Crippen LogP contribution in [-0.4, -0.2) is 52.7 Å². The number of hydrogen-bond acceptors (Lipinski definition) is 10. The summed E-state index contributed by atoms with van der Waals surface area (Å²) in [7, 11) is 0. The summed E-state index contributed by atoms with van der Waals surface area (Å²) >= 11 is 0. The first kappa shape index (κ1) is 31.5. The Hall–Kier alpha value is -5.39. The zero-order valence-corrected chi connectivity index (χ0v) is 24.8. The van der Waals surface area contributed by atoms with Crippen molar-refractivity contribution in [3.8, 4) is 0 Å². The van der Waals surface area contributed by atoms with Crippen LogP contribution < -0.4 is 27.1 Å². The Morgan fingerprint density at radius 1 is 1.14 bits per heavy atom. The lowest BCUT2D eigenvalue weighted by molar-refractivity contribution is -0.114. The highest BCUT2D eigenvalue weighted by atomic mass is 16.2. The van der Waals surface area contributed by atoms with E-state index in [9.17, 15) is 19.2 Å². The van der Waals surface area contributed by atoms with Gasteiger partial charge in [0.15, 0.2) is 12.1 Å². The molecule has 0 radical (unpaired) electrons. The van der Waals surface area contributed by atoms with Crippen molar-refractivity contribution < 1.29 is 19.2 Å². The van der Waals surface area contributed by atoms with E-state index in [0.29, 0.717) is 32.1 Å². The fourth-order valence-corrected chi connectivity index (χ4v) is 5.41. The molecule has 0 spiro atoms. The number of hydrogen-bond donors (Lipinski definition) is 4. The van der Waals surface area contributed by atoms with E-state index in [1.165, 1.54) is 19.3 Å². The van der Waals surface area contributed by atoms with Crippen molar-refractivity contribution >= 4 is 35.8 Å². The molecule has 1 aromatic heterocycles. The summed E-state index contributed by atoms with van der Waals surface area (Å²) < 4.78 is 0. The van der Waals surface area contributed by atoms with E-state index in [2.05, 4.69) is 32.3 Å². The number of Topliss-reactive ketones (excluding diaryl/α,β-unsaturated/α-hetero) is 1. The van der Waals surface area contributed by atoms with E-state index in [0.717, 1.165) is 40.0 Å². The average Bonchev–Trinajstić information content (AvgIpc) is 3.63. The number of hydrazone groups is 1. The molecule has 2 heterocycles. The quantitative estimate of drug-likeness (QED) is 0.0993. The van der Waals surface area contributed by atoms with Crippen LogP contribution in [0.5, 0.6) is 0 Å². The van der Waals surface area contributed by atoms with E-state index in [1.54, 1.807) is 17.2 Å². The van der Waals surface area contributed by atoms with Gasteiger partial charge in [-0.3, -0.25) is 19.2 Å². The van der Waals surface area contributed by atoms with Gasteiger partial charge in [-0.2, -0.15) is 5.10 Å². The second kappa shape index (κ2) is 14.2. The number of nitrogens with one attached hydrogen (secondary N) is 2. The zero-order valence-electron chi connectivity index (χ0n) is 24.8. The van der Waals surface area contributed by atoms with Gasteiger partial charge in [0.25, 0.3) is 11.8 Å². The second-order valence-electron chi connectivity index (χ2n) is 10.5. The Morgan fingerprint density at radius 3 is 2.57 bits per heavy atom. The minimum absolute atomic E-state index is 0.0409. The maximum atomic E-state index is 13.2. The molecule has 1 aliphatic heterocycles. The number of benzene rings is 1. The maximum absolute atomic E-state index is 13.2. The number of aldehydes is 1. The van der Waals surface area contributed by atoms with Crippen LogP contribution in [0.4, 0.5) is 5.69 Å². The molecule has 228 valence electrons. The first-order chi connectivity index (χ1) is 21.2. The minimum Gasteiger partial charge on any atom is -0.394 e. The molecule has 1 fully saturated rings. The maximum Gasteiger partial charge on any atom is 0.270 e. The Labute approximate surface area is 255 Å². The highest BCUT2D eigenvalue weighted by Crippen LogP contribution is 2.34. The summed E-state index contributed by atoms with van der Waals surface area (Å²) in [6.07, 6.45) is 9.77. The zero-order chi connectivity index (χ0) is 31.8. The number of carbonyl (C=O) groups is 4. The lowest BCUT2D eigenvalue weighted by atomic mass is 10.00. The average molecular weight is 597 g/mol. The molecule has 2 aromatic rings. The van der Waals surface area contributed by atoms with Crippen molar-refractivity contribution in [1.82, 2.24) is 20.6 Å². The van der Waals surface area contributed by atoms with Crippen LogP contribution in [0.3, 0.4) is 0 Å². The summed E-state index contributed by atoms with van der Waals surface area (Å²) in [6.45, 7) is 7.80. The molecule has 4 rings (SSSR count). The van der Waals surface area contributed by atoms with Crippen LogP contribution in [0.2, 0.25) is 0 Å². The molecule has 44 heavy (non-hydrogen) atoms. The minimum atomic E-state index is -0.483. The van der Waals surface area contributed by atoms with Crippen molar-refractivity contribution in [3.63, 3.8) is 0 Å². The van der Waals surface area contributed by atoms with E-state index < -0.39 is 11.8 Å². The van der Waals surface area contributed by atoms with Crippen LogP contribution >= 0.6 is 0 Å². The van der Waals surface area contributed by atoms with Gasteiger partial charge in [0.1, 0.15) is 29.1 Å². The number of aromatic nitrogens is 2. The number of anilines is 1. The van der Waals surface area contributed by atoms with E-state index in [4.69, 9.17) is 11.6 Å². The number of carbonyl (C=O) groups excluding carboxylic acids is 4. The van der Waals surface area contributed by atoms with Gasteiger partial charge in [0.05, 0.1) is 6.04 Å². The second-order valence-corrected chi connectivity index (χ2v) is 10.5. The normalized spacial score (nSPS) is 18.5. The number of amides is 2. The van der Waals surface area contributed by atoms with Crippen LogP contribution in [-0.2, 0) is 22.6 Å². The number of fused-ring (bicyclic) bond motifs is 1. The number of nitrogens with zero attached hydrogens (tertiary/aromatic N) is 4. The molecule has 6 N–H and O–H groups in total. The van der Waals surface area contributed by atoms with Gasteiger partial charge in [0.2, 0.25) is 0 Å². The first-order valence-electron chi connectivity index (χ1n) is 14.2. The van der Waals surface area contributed by atoms with Gasteiger partial charge in [0, 0.05) is 44.4 Å². The van der Waals surface area contributed by atoms with Gasteiger partial charge in [-0.15, -0.1) is 0 Å². The molecule has 12 heteroatoms. The lowest BCUT2D eigenvalue weighted by Gasteiger charge is -2.21. The van der Waals surface area contributed by atoms with Crippen molar-refractivity contribution in [2.24, 2.45) is 16.7 Å². The molecule has 1 unspecified atom stereocenters. The molecule has 0 bridgehead atoms. The van der Waals surface area contributed by atoms with Crippen molar-refractivity contribution in [2.75, 3.05) is 11.4 Å². The summed E-state index contributed by atoms with van der Waals surface area (Å²) in [4.78, 5) is 59.6. The lowest BCUT2D eigenvalue weighted by Crippen LogP contribution is -2.35. The third kappa shape index (κ3) is 6.97. The van der Waals surface area contributed by atoms with Crippen LogP contribution in [0.15, 0.2) is 82.5 Å². The van der Waals surface area contributed by atoms with E-state index in [-0.39, 0.29) is 41.2 Å². The molecule has 0 saturated heterocycles. The number of ketones is 1. The third-order valence-corrected chi connectivity index (χ3v) is 7.72. The topological polar surface area (TPSA) is 186 Å². The Kier molecular flexibility index (Phi) is 10.2. The SMILES string of the molecule is C=C/C=C1\C(=C(\C)C/C=N/N)CCC1NC(=O)c1cc(C(=O)NCc2ccc3c(c2)N(/C(C=O)=C(\N)C(C)=O)CC3)ncn1. The predicted molar refractivity (Wildman–Crippen MR) is 167 cm³/mol. The third-order valence-electron chi connectivity index (χ3n) is 7.72. The molecule has 2 amide bonds.